The number of carbonyl (C=O) groups excluding carboxylic acids is 1. The van der Waals surface area contributed by atoms with Gasteiger partial charge in [-0.15, -0.1) is 0 Å². The maximum absolute atomic E-state index is 12.8. The molecular weight excluding hydrogens is 597 g/mol. The molecule has 0 bridgehead atoms. The summed E-state index contributed by atoms with van der Waals surface area (Å²) < 4.78 is 6.13. The van der Waals surface area contributed by atoms with Crippen molar-refractivity contribution in [3.63, 3.8) is 0 Å². The standard InChI is InChI=1S/C47H78O2/c1-8-10-11-12-13-14-15-16-17-18-19-20-21-22-23-24-45(48)49-40-31-33-46(6)39(35-40)27-28-41-43-30-29-42(47(43,7)34-32-44(41)46)37(5)25-26-38(9-2)36(3)4/h13-14,16-17,25-27,36-38,40-44H,8-12,15,18-24,28-35H2,1-7H3/b14-13-,17-16-,26-25+/t37-,38-,40+,41+,42-,43+,44+,46+,47-/m1/s1. The van der Waals surface area contributed by atoms with Crippen LogP contribution >= 0.6 is 0 Å². The van der Waals surface area contributed by atoms with Crippen molar-refractivity contribution in [2.75, 3.05) is 0 Å². The number of carbonyl (C=O) groups is 1. The Morgan fingerprint density at radius 1 is 0.837 bits per heavy atom. The van der Waals surface area contributed by atoms with E-state index in [1.54, 1.807) is 5.57 Å². The number of allylic oxidation sites excluding steroid dienone is 7. The van der Waals surface area contributed by atoms with Gasteiger partial charge in [0.2, 0.25) is 0 Å². The molecule has 0 aromatic rings. The van der Waals surface area contributed by atoms with Gasteiger partial charge in [-0.25, -0.2) is 0 Å². The molecule has 0 aliphatic heterocycles. The number of hydrogen-bond donors (Lipinski definition) is 0. The summed E-state index contributed by atoms with van der Waals surface area (Å²) in [5.41, 5.74) is 2.42. The lowest BCUT2D eigenvalue weighted by Gasteiger charge is -2.58. The van der Waals surface area contributed by atoms with Crippen molar-refractivity contribution < 1.29 is 9.53 Å². The Kier molecular flexibility index (Phi) is 16.3. The predicted molar refractivity (Wildman–Crippen MR) is 211 cm³/mol. The van der Waals surface area contributed by atoms with Gasteiger partial charge in [-0.3, -0.25) is 4.79 Å². The van der Waals surface area contributed by atoms with E-state index >= 15 is 0 Å². The number of rotatable bonds is 20. The smallest absolute Gasteiger partial charge is 0.306 e. The first kappa shape index (κ1) is 40.2. The number of ether oxygens (including phenoxy) is 1. The van der Waals surface area contributed by atoms with Crippen LogP contribution in [0.1, 0.15) is 183 Å². The zero-order valence-corrected chi connectivity index (χ0v) is 33.3. The van der Waals surface area contributed by atoms with Crippen LogP contribution in [-0.2, 0) is 9.53 Å². The van der Waals surface area contributed by atoms with Crippen molar-refractivity contribution in [3.05, 3.63) is 48.1 Å². The van der Waals surface area contributed by atoms with Crippen molar-refractivity contribution >= 4 is 5.97 Å². The van der Waals surface area contributed by atoms with Gasteiger partial charge in [-0.05, 0) is 142 Å². The van der Waals surface area contributed by atoms with Gasteiger partial charge in [0, 0.05) is 12.8 Å². The van der Waals surface area contributed by atoms with Crippen LogP contribution in [0.15, 0.2) is 48.1 Å². The average molecular weight is 675 g/mol. The lowest BCUT2D eigenvalue weighted by molar-refractivity contribution is -0.151. The lowest BCUT2D eigenvalue weighted by Crippen LogP contribution is -2.51. The van der Waals surface area contributed by atoms with Gasteiger partial charge in [0.25, 0.3) is 0 Å². The Bertz CT molecular complexity index is 1110. The second-order valence-corrected chi connectivity index (χ2v) is 17.9. The normalized spacial score (nSPS) is 32.7. The highest BCUT2D eigenvalue weighted by Gasteiger charge is 2.59. The Balaban J connectivity index is 1.16. The fourth-order valence-corrected chi connectivity index (χ4v) is 11.2. The molecule has 0 aromatic heterocycles. The number of unbranched alkanes of at least 4 members (excludes halogenated alkanes) is 8. The van der Waals surface area contributed by atoms with E-state index < -0.39 is 0 Å². The van der Waals surface area contributed by atoms with Gasteiger partial charge < -0.3 is 4.74 Å². The molecule has 4 aliphatic rings. The molecule has 3 fully saturated rings. The first-order valence-electron chi connectivity index (χ1n) is 21.5. The van der Waals surface area contributed by atoms with Crippen LogP contribution in [0.3, 0.4) is 0 Å². The molecule has 4 aliphatic carbocycles. The highest BCUT2D eigenvalue weighted by atomic mass is 16.5. The monoisotopic (exact) mass is 675 g/mol. The third-order valence-corrected chi connectivity index (χ3v) is 14.4. The molecule has 0 amide bonds. The summed E-state index contributed by atoms with van der Waals surface area (Å²) in [5.74, 6) is 5.51. The third-order valence-electron chi connectivity index (χ3n) is 14.4. The SMILES string of the molecule is CCCCC/C=C\C/C=C\CCCCCCCC(=O)O[C@H]1CC[C@@]2(C)C(=CC[C@H]3[C@@H]4CC[C@H]([C@H](C)/C=C/[C@@H](CC)C(C)C)[C@@]4(C)CC[C@@H]32)C1. The molecule has 0 heterocycles. The Morgan fingerprint density at radius 3 is 2.27 bits per heavy atom. The molecule has 49 heavy (non-hydrogen) atoms. The van der Waals surface area contributed by atoms with Gasteiger partial charge in [-0.2, -0.15) is 0 Å². The third kappa shape index (κ3) is 10.7. The molecule has 278 valence electrons. The van der Waals surface area contributed by atoms with Crippen LogP contribution in [0, 0.1) is 52.3 Å². The topological polar surface area (TPSA) is 26.3 Å². The summed E-state index contributed by atoms with van der Waals surface area (Å²) in [6.07, 6.45) is 42.5. The molecule has 4 rings (SSSR count). The van der Waals surface area contributed by atoms with Crippen LogP contribution in [-0.4, -0.2) is 12.1 Å². The van der Waals surface area contributed by atoms with Crippen LogP contribution in [0.4, 0.5) is 0 Å². The second-order valence-electron chi connectivity index (χ2n) is 17.9. The molecule has 2 nitrogen and oxygen atoms in total. The van der Waals surface area contributed by atoms with E-state index in [1.807, 2.05) is 0 Å². The summed E-state index contributed by atoms with van der Waals surface area (Å²) in [6.45, 7) is 17.1. The fraction of sp³-hybridized carbons (Fsp3) is 0.809. The van der Waals surface area contributed by atoms with Crippen molar-refractivity contribution in [1.29, 1.82) is 0 Å². The zero-order chi connectivity index (χ0) is 35.3. The van der Waals surface area contributed by atoms with Gasteiger partial charge in [0.15, 0.2) is 0 Å². The fourth-order valence-electron chi connectivity index (χ4n) is 11.2. The van der Waals surface area contributed by atoms with E-state index in [0.717, 1.165) is 61.7 Å². The van der Waals surface area contributed by atoms with Gasteiger partial charge in [0.1, 0.15) is 6.10 Å². The summed E-state index contributed by atoms with van der Waals surface area (Å²) in [4.78, 5) is 12.8. The van der Waals surface area contributed by atoms with E-state index in [1.165, 1.54) is 96.3 Å². The molecule has 0 radical (unpaired) electrons. The van der Waals surface area contributed by atoms with E-state index in [9.17, 15) is 4.79 Å². The molecule has 0 N–H and O–H groups in total. The lowest BCUT2D eigenvalue weighted by atomic mass is 9.47. The highest BCUT2D eigenvalue weighted by molar-refractivity contribution is 5.69. The first-order valence-corrected chi connectivity index (χ1v) is 21.5. The van der Waals surface area contributed by atoms with Crippen LogP contribution in [0.5, 0.6) is 0 Å². The Labute approximate surface area is 304 Å². The second kappa shape index (κ2) is 19.9. The highest BCUT2D eigenvalue weighted by Crippen LogP contribution is 2.67. The number of esters is 1. The first-order chi connectivity index (χ1) is 23.6. The van der Waals surface area contributed by atoms with Crippen molar-refractivity contribution in [2.24, 2.45) is 52.3 Å². The van der Waals surface area contributed by atoms with Crippen molar-refractivity contribution in [2.45, 2.75) is 189 Å². The minimum atomic E-state index is 0.0424. The van der Waals surface area contributed by atoms with Crippen LogP contribution < -0.4 is 0 Å². The Hall–Kier alpha value is -1.57. The Morgan fingerprint density at radius 2 is 1.55 bits per heavy atom. The average Bonchev–Trinajstić information content (AvgIpc) is 3.44. The van der Waals surface area contributed by atoms with Crippen LogP contribution in [0.2, 0.25) is 0 Å². The molecule has 0 spiro atoms. The van der Waals surface area contributed by atoms with Gasteiger partial charge in [0.05, 0.1) is 0 Å². The van der Waals surface area contributed by atoms with E-state index in [4.69, 9.17) is 4.74 Å². The molecule has 9 atom stereocenters. The van der Waals surface area contributed by atoms with Crippen molar-refractivity contribution in [1.82, 2.24) is 0 Å². The minimum absolute atomic E-state index is 0.0424. The molecule has 0 unspecified atom stereocenters. The van der Waals surface area contributed by atoms with Crippen LogP contribution in [0.25, 0.3) is 0 Å². The maximum atomic E-state index is 12.8. The maximum Gasteiger partial charge on any atom is 0.306 e. The summed E-state index contributed by atoms with van der Waals surface area (Å²) in [7, 11) is 0. The summed E-state index contributed by atoms with van der Waals surface area (Å²) in [5, 5.41) is 0. The largest absolute Gasteiger partial charge is 0.462 e. The molecule has 0 aromatic carbocycles. The summed E-state index contributed by atoms with van der Waals surface area (Å²) in [6, 6.07) is 0. The zero-order valence-electron chi connectivity index (χ0n) is 33.3. The molecule has 0 saturated heterocycles. The summed E-state index contributed by atoms with van der Waals surface area (Å²) >= 11 is 0. The molecule has 3 saturated carbocycles. The van der Waals surface area contributed by atoms with E-state index in [2.05, 4.69) is 91.0 Å². The molecule has 2 heteroatoms. The van der Waals surface area contributed by atoms with Gasteiger partial charge in [-0.1, -0.05) is 129 Å². The molecular formula is C47H78O2. The predicted octanol–water partition coefficient (Wildman–Crippen LogP) is 14.2. The minimum Gasteiger partial charge on any atom is -0.462 e. The number of fused-ring (bicyclic) bond motifs is 5. The van der Waals surface area contributed by atoms with E-state index in [-0.39, 0.29) is 12.1 Å². The van der Waals surface area contributed by atoms with Gasteiger partial charge >= 0.3 is 5.97 Å². The number of hydrogen-bond acceptors (Lipinski definition) is 2. The van der Waals surface area contributed by atoms with Crippen molar-refractivity contribution in [3.8, 4) is 0 Å². The van der Waals surface area contributed by atoms with E-state index in [0.29, 0.717) is 29.1 Å². The quantitative estimate of drug-likeness (QED) is 0.0730.